The second-order valence-corrected chi connectivity index (χ2v) is 7.91. The van der Waals surface area contributed by atoms with Crippen LogP contribution in [0.1, 0.15) is 32.5 Å². The topological polar surface area (TPSA) is 98.4 Å². The zero-order chi connectivity index (χ0) is 22.8. The van der Waals surface area contributed by atoms with Gasteiger partial charge in [0.15, 0.2) is 0 Å². The average molecular weight is 438 g/mol. The summed E-state index contributed by atoms with van der Waals surface area (Å²) < 4.78 is 5.96. The van der Waals surface area contributed by atoms with Crippen molar-refractivity contribution in [3.8, 4) is 11.3 Å². The van der Waals surface area contributed by atoms with Gasteiger partial charge in [-0.2, -0.15) is 0 Å². The Morgan fingerprint density at radius 2 is 1.79 bits per heavy atom. The number of aromatic nitrogens is 2. The van der Waals surface area contributed by atoms with Crippen LogP contribution in [0.25, 0.3) is 22.2 Å². The number of benzene rings is 2. The van der Waals surface area contributed by atoms with Crippen molar-refractivity contribution >= 4 is 22.7 Å². The maximum absolute atomic E-state index is 13.2. The van der Waals surface area contributed by atoms with Crippen molar-refractivity contribution < 1.29 is 14.3 Å². The number of morpholine rings is 1. The summed E-state index contributed by atoms with van der Waals surface area (Å²) in [5.41, 5.74) is 9.65. The van der Waals surface area contributed by atoms with E-state index in [4.69, 9.17) is 15.5 Å². The van der Waals surface area contributed by atoms with E-state index in [1.54, 1.807) is 18.3 Å². The predicted octanol–water partition coefficient (Wildman–Crippen LogP) is 3.61. The van der Waals surface area contributed by atoms with Crippen molar-refractivity contribution in [3.63, 3.8) is 0 Å². The van der Waals surface area contributed by atoms with Crippen LogP contribution in [0.4, 0.5) is 0 Å². The molecular formula is C26H22N4O3. The van der Waals surface area contributed by atoms with Gasteiger partial charge in [-0.15, -0.1) is 0 Å². The van der Waals surface area contributed by atoms with E-state index in [0.717, 1.165) is 27.9 Å². The molecule has 0 bridgehead atoms. The molecule has 0 aliphatic carbocycles. The third-order valence-corrected chi connectivity index (χ3v) is 5.77. The van der Waals surface area contributed by atoms with Gasteiger partial charge in [-0.3, -0.25) is 14.6 Å². The summed E-state index contributed by atoms with van der Waals surface area (Å²) in [6.45, 7) is 1.38. The van der Waals surface area contributed by atoms with Crippen LogP contribution in [0, 0.1) is 0 Å². The Bertz CT molecular complexity index is 1340. The molecule has 1 atom stereocenters. The zero-order valence-electron chi connectivity index (χ0n) is 17.8. The number of nitrogens with two attached hydrogens (primary N) is 1. The van der Waals surface area contributed by atoms with Crippen LogP contribution < -0.4 is 5.73 Å². The molecular weight excluding hydrogens is 416 g/mol. The summed E-state index contributed by atoms with van der Waals surface area (Å²) in [6, 6.07) is 22.1. The first-order chi connectivity index (χ1) is 16.1. The van der Waals surface area contributed by atoms with Crippen molar-refractivity contribution in [3.05, 3.63) is 95.8 Å². The van der Waals surface area contributed by atoms with E-state index in [-0.39, 0.29) is 12.0 Å². The van der Waals surface area contributed by atoms with Crippen molar-refractivity contribution in [1.29, 1.82) is 0 Å². The molecule has 3 heterocycles. The van der Waals surface area contributed by atoms with Crippen LogP contribution in [-0.2, 0) is 4.74 Å². The number of amides is 2. The Balaban J connectivity index is 1.35. The molecule has 2 aromatic carbocycles. The van der Waals surface area contributed by atoms with Gasteiger partial charge in [0.05, 0.1) is 30.1 Å². The average Bonchev–Trinajstić information content (AvgIpc) is 2.88. The number of carbonyl (C=O) groups excluding carboxylic acids is 2. The smallest absolute Gasteiger partial charge is 0.254 e. The molecule has 7 heteroatoms. The lowest BCUT2D eigenvalue weighted by Crippen LogP contribution is -2.42. The van der Waals surface area contributed by atoms with Crippen molar-refractivity contribution in [1.82, 2.24) is 14.9 Å². The predicted molar refractivity (Wildman–Crippen MR) is 125 cm³/mol. The molecule has 164 valence electrons. The number of fused-ring (bicyclic) bond motifs is 1. The largest absolute Gasteiger partial charge is 0.368 e. The second-order valence-electron chi connectivity index (χ2n) is 7.91. The number of nitrogens with zero attached hydrogens (tertiary/aromatic N) is 3. The summed E-state index contributed by atoms with van der Waals surface area (Å²) in [5.74, 6) is -0.501. The van der Waals surface area contributed by atoms with Gasteiger partial charge in [0.2, 0.25) is 5.91 Å². The number of hydrogen-bond donors (Lipinski definition) is 1. The second kappa shape index (κ2) is 8.80. The highest BCUT2D eigenvalue weighted by Gasteiger charge is 2.27. The van der Waals surface area contributed by atoms with E-state index in [9.17, 15) is 9.59 Å². The van der Waals surface area contributed by atoms with E-state index in [1.807, 2.05) is 65.6 Å². The summed E-state index contributed by atoms with van der Waals surface area (Å²) in [7, 11) is 0. The number of pyridine rings is 2. The van der Waals surface area contributed by atoms with Crippen LogP contribution in [0.2, 0.25) is 0 Å². The van der Waals surface area contributed by atoms with Gasteiger partial charge >= 0.3 is 0 Å². The van der Waals surface area contributed by atoms with Crippen LogP contribution in [0.15, 0.2) is 79.0 Å². The fourth-order valence-electron chi connectivity index (χ4n) is 4.00. The maximum Gasteiger partial charge on any atom is 0.254 e. The van der Waals surface area contributed by atoms with Gasteiger partial charge in [-0.25, -0.2) is 4.98 Å². The lowest BCUT2D eigenvalue weighted by atomic mass is 10.1. The Kier molecular flexibility index (Phi) is 5.54. The summed E-state index contributed by atoms with van der Waals surface area (Å²) in [6.07, 6.45) is 1.42. The lowest BCUT2D eigenvalue weighted by molar-refractivity contribution is -0.0246. The highest BCUT2D eigenvalue weighted by molar-refractivity contribution is 5.98. The van der Waals surface area contributed by atoms with Gasteiger partial charge in [-0.05, 0) is 48.5 Å². The molecule has 0 saturated carbocycles. The Hall–Kier alpha value is -4.10. The number of primary amides is 1. The number of rotatable bonds is 4. The molecule has 1 aliphatic rings. The van der Waals surface area contributed by atoms with Crippen molar-refractivity contribution in [2.45, 2.75) is 6.10 Å². The minimum Gasteiger partial charge on any atom is -0.368 e. The molecule has 1 fully saturated rings. The highest BCUT2D eigenvalue weighted by Crippen LogP contribution is 2.26. The molecule has 1 saturated heterocycles. The summed E-state index contributed by atoms with van der Waals surface area (Å²) in [4.78, 5) is 35.4. The molecule has 2 N–H and O–H groups in total. The molecule has 33 heavy (non-hydrogen) atoms. The van der Waals surface area contributed by atoms with Crippen LogP contribution in [-0.4, -0.2) is 46.4 Å². The molecule has 1 unspecified atom stereocenters. The zero-order valence-corrected chi connectivity index (χ0v) is 17.8. The molecule has 4 aromatic rings. The minimum atomic E-state index is -0.466. The molecule has 0 radical (unpaired) electrons. The highest BCUT2D eigenvalue weighted by atomic mass is 16.5. The number of hydrogen-bond acceptors (Lipinski definition) is 5. The normalized spacial score (nSPS) is 16.0. The third-order valence-electron chi connectivity index (χ3n) is 5.77. The first-order valence-corrected chi connectivity index (χ1v) is 10.7. The number of carbonyl (C=O) groups is 2. The fourth-order valence-corrected chi connectivity index (χ4v) is 4.00. The molecule has 5 rings (SSSR count). The molecule has 7 nitrogen and oxygen atoms in total. The Morgan fingerprint density at radius 1 is 0.970 bits per heavy atom. The number of ether oxygens (including phenoxy) is 1. The molecule has 0 spiro atoms. The fraction of sp³-hybridized carbons (Fsp3) is 0.154. The molecule has 1 aliphatic heterocycles. The Morgan fingerprint density at radius 3 is 2.61 bits per heavy atom. The van der Waals surface area contributed by atoms with E-state index in [1.165, 1.54) is 0 Å². The Labute approximate surface area is 190 Å². The minimum absolute atomic E-state index is 0.0350. The monoisotopic (exact) mass is 438 g/mol. The van der Waals surface area contributed by atoms with Crippen LogP contribution >= 0.6 is 0 Å². The van der Waals surface area contributed by atoms with Gasteiger partial charge in [-0.1, -0.05) is 24.3 Å². The van der Waals surface area contributed by atoms with Crippen LogP contribution in [0.3, 0.4) is 0 Å². The van der Waals surface area contributed by atoms with E-state index >= 15 is 0 Å². The molecule has 2 amide bonds. The first kappa shape index (κ1) is 20.8. The quantitative estimate of drug-likeness (QED) is 0.525. The maximum atomic E-state index is 13.2. The SMILES string of the molecule is NC(=O)c1ccc(-c2cccc(C3CN(C(=O)c4ccc5ncccc5c4)CCO3)n2)cc1. The van der Waals surface area contributed by atoms with Crippen molar-refractivity contribution in [2.75, 3.05) is 19.7 Å². The third kappa shape index (κ3) is 4.31. The van der Waals surface area contributed by atoms with Crippen molar-refractivity contribution in [2.24, 2.45) is 5.73 Å². The van der Waals surface area contributed by atoms with E-state index in [0.29, 0.717) is 30.8 Å². The van der Waals surface area contributed by atoms with Gasteiger partial charge < -0.3 is 15.4 Å². The molecule has 2 aromatic heterocycles. The first-order valence-electron chi connectivity index (χ1n) is 10.7. The van der Waals surface area contributed by atoms with Gasteiger partial charge in [0.25, 0.3) is 5.91 Å². The van der Waals surface area contributed by atoms with Crippen LogP contribution in [0.5, 0.6) is 0 Å². The van der Waals surface area contributed by atoms with Gasteiger partial charge in [0, 0.05) is 34.8 Å². The lowest BCUT2D eigenvalue weighted by Gasteiger charge is -2.33. The van der Waals surface area contributed by atoms with Gasteiger partial charge in [0.1, 0.15) is 6.10 Å². The standard InChI is InChI=1S/C26H22N4O3/c27-25(31)18-8-6-17(7-9-18)22-4-1-5-23(29-22)24-16-30(13-14-33-24)26(32)20-10-11-21-19(15-20)3-2-12-28-21/h1-12,15,24H,13-14,16H2,(H2,27,31). The van der Waals surface area contributed by atoms with E-state index < -0.39 is 5.91 Å². The summed E-state index contributed by atoms with van der Waals surface area (Å²) in [5, 5.41) is 0.935. The summed E-state index contributed by atoms with van der Waals surface area (Å²) >= 11 is 0. The van der Waals surface area contributed by atoms with E-state index in [2.05, 4.69) is 4.98 Å².